The van der Waals surface area contributed by atoms with Crippen molar-refractivity contribution in [2.24, 2.45) is 0 Å². The largest absolute Gasteiger partial charge is 0.481 e. The number of carbonyl (C=O) groups is 2. The Bertz CT molecular complexity index is 348. The molecule has 0 atom stereocenters. The second-order valence-electron chi connectivity index (χ2n) is 2.25. The Kier molecular flexibility index (Phi) is 2.59. The van der Waals surface area contributed by atoms with Crippen LogP contribution in [0.4, 0.5) is 0 Å². The molecular weight excluding hydrogens is 174 g/mol. The lowest BCUT2D eigenvalue weighted by Gasteiger charge is -2.00. The SMILES string of the molecule is COc1cc(C=O)cc(C(=O)O)n1. The number of aldehydes is 1. The molecule has 0 radical (unpaired) electrons. The average molecular weight is 181 g/mol. The number of carbonyl (C=O) groups excluding carboxylic acids is 1. The molecular formula is C8H7NO4. The molecule has 5 heteroatoms. The van der Waals surface area contributed by atoms with Crippen molar-refractivity contribution >= 4 is 12.3 Å². The summed E-state index contributed by atoms with van der Waals surface area (Å²) >= 11 is 0. The number of ether oxygens (including phenoxy) is 1. The van der Waals surface area contributed by atoms with Crippen LogP contribution in [0.2, 0.25) is 0 Å². The molecule has 13 heavy (non-hydrogen) atoms. The summed E-state index contributed by atoms with van der Waals surface area (Å²) in [6, 6.07) is 2.54. The molecule has 68 valence electrons. The van der Waals surface area contributed by atoms with Crippen molar-refractivity contribution in [3.8, 4) is 5.88 Å². The number of carboxylic acids is 1. The monoisotopic (exact) mass is 181 g/mol. The summed E-state index contributed by atoms with van der Waals surface area (Å²) in [5, 5.41) is 8.59. The maximum Gasteiger partial charge on any atom is 0.354 e. The van der Waals surface area contributed by atoms with Crippen LogP contribution in [0.3, 0.4) is 0 Å². The molecule has 0 aromatic carbocycles. The molecule has 0 amide bonds. The third-order valence-electron chi connectivity index (χ3n) is 1.39. The van der Waals surface area contributed by atoms with Crippen LogP contribution in [0.25, 0.3) is 0 Å². The second-order valence-corrected chi connectivity index (χ2v) is 2.25. The van der Waals surface area contributed by atoms with Crippen LogP contribution >= 0.6 is 0 Å². The van der Waals surface area contributed by atoms with Crippen molar-refractivity contribution in [3.63, 3.8) is 0 Å². The molecule has 5 nitrogen and oxygen atoms in total. The fraction of sp³-hybridized carbons (Fsp3) is 0.125. The lowest BCUT2D eigenvalue weighted by molar-refractivity contribution is 0.0689. The number of aromatic carboxylic acids is 1. The van der Waals surface area contributed by atoms with Crippen molar-refractivity contribution < 1.29 is 19.4 Å². The number of pyridine rings is 1. The van der Waals surface area contributed by atoms with Crippen molar-refractivity contribution in [2.75, 3.05) is 7.11 Å². The van der Waals surface area contributed by atoms with Crippen LogP contribution in [0, 0.1) is 0 Å². The fourth-order valence-corrected chi connectivity index (χ4v) is 0.808. The lowest BCUT2D eigenvalue weighted by Crippen LogP contribution is -2.03. The molecule has 1 aromatic rings. The number of methoxy groups -OCH3 is 1. The summed E-state index contributed by atoms with van der Waals surface area (Å²) in [6.07, 6.45) is 0.538. The molecule has 0 fully saturated rings. The first-order valence-electron chi connectivity index (χ1n) is 3.42. The summed E-state index contributed by atoms with van der Waals surface area (Å²) in [4.78, 5) is 24.5. The van der Waals surface area contributed by atoms with Crippen molar-refractivity contribution in [3.05, 3.63) is 23.4 Å². The first-order valence-corrected chi connectivity index (χ1v) is 3.42. The highest BCUT2D eigenvalue weighted by Crippen LogP contribution is 2.10. The van der Waals surface area contributed by atoms with Gasteiger partial charge in [0.1, 0.15) is 6.29 Å². The molecule has 0 aliphatic carbocycles. The van der Waals surface area contributed by atoms with Gasteiger partial charge in [0.15, 0.2) is 5.69 Å². The van der Waals surface area contributed by atoms with Gasteiger partial charge in [-0.1, -0.05) is 0 Å². The number of nitrogens with zero attached hydrogens (tertiary/aromatic N) is 1. The summed E-state index contributed by atoms with van der Waals surface area (Å²) < 4.78 is 4.71. The van der Waals surface area contributed by atoms with Gasteiger partial charge < -0.3 is 9.84 Å². The maximum absolute atomic E-state index is 10.5. The van der Waals surface area contributed by atoms with Crippen molar-refractivity contribution in [2.45, 2.75) is 0 Å². The minimum Gasteiger partial charge on any atom is -0.481 e. The fourth-order valence-electron chi connectivity index (χ4n) is 0.808. The smallest absolute Gasteiger partial charge is 0.354 e. The van der Waals surface area contributed by atoms with Crippen molar-refractivity contribution in [1.29, 1.82) is 0 Å². The minimum atomic E-state index is -1.19. The van der Waals surface area contributed by atoms with Crippen LogP contribution in [0.5, 0.6) is 5.88 Å². The Hall–Kier alpha value is -1.91. The number of rotatable bonds is 3. The third kappa shape index (κ3) is 2.02. The summed E-state index contributed by atoms with van der Waals surface area (Å²) in [5.74, 6) is -1.08. The molecule has 0 saturated carbocycles. The Morgan fingerprint density at radius 1 is 1.62 bits per heavy atom. The van der Waals surface area contributed by atoms with Crippen LogP contribution in [0.15, 0.2) is 12.1 Å². The van der Waals surface area contributed by atoms with E-state index in [1.54, 1.807) is 0 Å². The van der Waals surface area contributed by atoms with E-state index in [9.17, 15) is 9.59 Å². The van der Waals surface area contributed by atoms with Crippen LogP contribution in [-0.2, 0) is 0 Å². The number of carboxylic acid groups (broad SMARTS) is 1. The van der Waals surface area contributed by atoms with Crippen molar-refractivity contribution in [1.82, 2.24) is 4.98 Å². The van der Waals surface area contributed by atoms with Gasteiger partial charge in [-0.3, -0.25) is 4.79 Å². The zero-order valence-corrected chi connectivity index (χ0v) is 6.85. The molecule has 0 saturated heterocycles. The number of hydrogen-bond donors (Lipinski definition) is 1. The zero-order valence-electron chi connectivity index (χ0n) is 6.85. The lowest BCUT2D eigenvalue weighted by atomic mass is 10.2. The van der Waals surface area contributed by atoms with E-state index in [1.165, 1.54) is 19.2 Å². The minimum absolute atomic E-state index is 0.113. The standard InChI is InChI=1S/C8H7NO4/c1-13-7-3-5(4-10)2-6(9-7)8(11)12/h2-4H,1H3,(H,11,12). The van der Waals surface area contributed by atoms with Gasteiger partial charge in [0.25, 0.3) is 0 Å². The summed E-state index contributed by atoms with van der Waals surface area (Å²) in [5.41, 5.74) is 0.0192. The van der Waals surface area contributed by atoms with Gasteiger partial charge in [0.2, 0.25) is 5.88 Å². The molecule has 0 bridgehead atoms. The normalized spacial score (nSPS) is 9.31. The Morgan fingerprint density at radius 2 is 2.31 bits per heavy atom. The van der Waals surface area contributed by atoms with E-state index in [0.29, 0.717) is 6.29 Å². The van der Waals surface area contributed by atoms with E-state index in [-0.39, 0.29) is 17.1 Å². The van der Waals surface area contributed by atoms with Gasteiger partial charge >= 0.3 is 5.97 Å². The molecule has 0 spiro atoms. The van der Waals surface area contributed by atoms with E-state index in [0.717, 1.165) is 0 Å². The van der Waals surface area contributed by atoms with Gasteiger partial charge in [-0.25, -0.2) is 9.78 Å². The van der Waals surface area contributed by atoms with E-state index < -0.39 is 5.97 Å². The first-order chi connectivity index (χ1) is 6.17. The average Bonchev–Trinajstić information content (AvgIpc) is 2.16. The molecule has 1 heterocycles. The number of aromatic nitrogens is 1. The van der Waals surface area contributed by atoms with Gasteiger partial charge in [-0.2, -0.15) is 0 Å². The quantitative estimate of drug-likeness (QED) is 0.691. The predicted octanol–water partition coefficient (Wildman–Crippen LogP) is 0.601. The Balaban J connectivity index is 3.22. The highest BCUT2D eigenvalue weighted by molar-refractivity contribution is 5.88. The topological polar surface area (TPSA) is 76.5 Å². The van der Waals surface area contributed by atoms with Crippen LogP contribution in [0.1, 0.15) is 20.8 Å². The van der Waals surface area contributed by atoms with E-state index in [4.69, 9.17) is 9.84 Å². The second kappa shape index (κ2) is 3.66. The maximum atomic E-state index is 10.5. The highest BCUT2D eigenvalue weighted by Gasteiger charge is 2.08. The van der Waals surface area contributed by atoms with Gasteiger partial charge in [-0.15, -0.1) is 0 Å². The first kappa shape index (κ1) is 9.18. The molecule has 1 rings (SSSR count). The van der Waals surface area contributed by atoms with Gasteiger partial charge in [0, 0.05) is 11.6 Å². The van der Waals surface area contributed by atoms with Crippen LogP contribution < -0.4 is 4.74 Å². The Morgan fingerprint density at radius 3 is 2.77 bits per heavy atom. The van der Waals surface area contributed by atoms with Gasteiger partial charge in [0.05, 0.1) is 7.11 Å². The van der Waals surface area contributed by atoms with E-state index in [2.05, 4.69) is 4.98 Å². The zero-order chi connectivity index (χ0) is 9.84. The molecule has 1 N–H and O–H groups in total. The van der Waals surface area contributed by atoms with E-state index >= 15 is 0 Å². The van der Waals surface area contributed by atoms with Crippen LogP contribution in [-0.4, -0.2) is 29.5 Å². The summed E-state index contributed by atoms with van der Waals surface area (Å²) in [7, 11) is 1.35. The van der Waals surface area contributed by atoms with E-state index in [1.807, 2.05) is 0 Å². The Labute approximate surface area is 74.0 Å². The molecule has 0 aliphatic rings. The predicted molar refractivity (Wildman–Crippen MR) is 43.1 cm³/mol. The third-order valence-corrected chi connectivity index (χ3v) is 1.39. The molecule has 0 aliphatic heterocycles. The van der Waals surface area contributed by atoms with Gasteiger partial charge in [-0.05, 0) is 6.07 Å². The molecule has 1 aromatic heterocycles. The highest BCUT2D eigenvalue weighted by atomic mass is 16.5. The molecule has 0 unspecified atom stereocenters. The number of hydrogen-bond acceptors (Lipinski definition) is 4. The summed E-state index contributed by atoms with van der Waals surface area (Å²) in [6.45, 7) is 0.